The van der Waals surface area contributed by atoms with Gasteiger partial charge in [-0.05, 0) is 32.3 Å². The average Bonchev–Trinajstić information content (AvgIpc) is 2.63. The molecule has 1 aliphatic heterocycles. The molecule has 0 bridgehead atoms. The van der Waals surface area contributed by atoms with E-state index < -0.39 is 5.79 Å². The zero-order chi connectivity index (χ0) is 12.3. The fourth-order valence-corrected chi connectivity index (χ4v) is 2.24. The Kier molecular flexibility index (Phi) is 3.65. The summed E-state index contributed by atoms with van der Waals surface area (Å²) in [6.07, 6.45) is 3.93. The van der Waals surface area contributed by atoms with E-state index in [1.54, 1.807) is 0 Å². The Morgan fingerprint density at radius 3 is 2.59 bits per heavy atom. The molecule has 0 spiro atoms. The van der Waals surface area contributed by atoms with E-state index in [-0.39, 0.29) is 12.2 Å². The summed E-state index contributed by atoms with van der Waals surface area (Å²) in [6.45, 7) is 7.71. The number of hydrogen-bond donors (Lipinski definition) is 0. The molecular weight excluding hydrogens is 212 g/mol. The molecule has 2 atom stereocenters. The minimum absolute atomic E-state index is 0.00807. The van der Waals surface area contributed by atoms with E-state index in [2.05, 4.69) is 30.8 Å². The lowest BCUT2D eigenvalue weighted by molar-refractivity contribution is -0.143. The van der Waals surface area contributed by atoms with E-state index in [0.29, 0.717) is 0 Å². The fraction of sp³-hybridized carbons (Fsp3) is 0.467. The minimum Gasteiger partial charge on any atom is -0.344 e. The summed E-state index contributed by atoms with van der Waals surface area (Å²) < 4.78 is 11.6. The van der Waals surface area contributed by atoms with E-state index in [9.17, 15) is 0 Å². The van der Waals surface area contributed by atoms with Crippen LogP contribution < -0.4 is 0 Å². The topological polar surface area (TPSA) is 18.5 Å². The van der Waals surface area contributed by atoms with Gasteiger partial charge in [-0.25, -0.2) is 0 Å². The normalized spacial score (nSPS) is 26.9. The van der Waals surface area contributed by atoms with Crippen LogP contribution in [-0.2, 0) is 15.9 Å². The van der Waals surface area contributed by atoms with Crippen LogP contribution in [0.25, 0.3) is 0 Å². The molecule has 92 valence electrons. The van der Waals surface area contributed by atoms with Gasteiger partial charge in [0.2, 0.25) is 0 Å². The van der Waals surface area contributed by atoms with Crippen LogP contribution >= 0.6 is 0 Å². The summed E-state index contributed by atoms with van der Waals surface area (Å²) in [6, 6.07) is 10.5. The standard InChI is InChI=1S/C15H20O2/c1-4-13-14(17-15(2,3)16-13)11-10-12-8-6-5-7-9-12/h4-9,13-14H,1,10-11H2,2-3H3. The van der Waals surface area contributed by atoms with Gasteiger partial charge in [-0.2, -0.15) is 0 Å². The monoisotopic (exact) mass is 232 g/mol. The quantitative estimate of drug-likeness (QED) is 0.741. The van der Waals surface area contributed by atoms with E-state index in [0.717, 1.165) is 12.8 Å². The van der Waals surface area contributed by atoms with E-state index in [4.69, 9.17) is 9.47 Å². The highest BCUT2D eigenvalue weighted by Gasteiger charge is 2.39. The number of rotatable bonds is 4. The molecule has 0 aliphatic carbocycles. The van der Waals surface area contributed by atoms with E-state index in [1.807, 2.05) is 26.0 Å². The SMILES string of the molecule is C=CC1OC(C)(C)OC1CCc1ccccc1. The molecule has 1 aliphatic rings. The zero-order valence-corrected chi connectivity index (χ0v) is 10.6. The minimum atomic E-state index is -0.486. The molecule has 0 saturated carbocycles. The average molecular weight is 232 g/mol. The second-order valence-corrected chi connectivity index (χ2v) is 4.90. The highest BCUT2D eigenvalue weighted by atomic mass is 16.7. The summed E-state index contributed by atoms with van der Waals surface area (Å²) in [5.41, 5.74) is 1.34. The Morgan fingerprint density at radius 1 is 1.24 bits per heavy atom. The molecule has 0 radical (unpaired) electrons. The van der Waals surface area contributed by atoms with Crippen molar-refractivity contribution in [1.29, 1.82) is 0 Å². The van der Waals surface area contributed by atoms with Gasteiger partial charge in [-0.15, -0.1) is 6.58 Å². The van der Waals surface area contributed by atoms with Crippen LogP contribution in [0.2, 0.25) is 0 Å². The van der Waals surface area contributed by atoms with Crippen LogP contribution in [-0.4, -0.2) is 18.0 Å². The summed E-state index contributed by atoms with van der Waals surface area (Å²) in [5.74, 6) is -0.486. The van der Waals surface area contributed by atoms with Gasteiger partial charge in [0.25, 0.3) is 0 Å². The molecule has 2 unspecified atom stereocenters. The van der Waals surface area contributed by atoms with Crippen molar-refractivity contribution in [2.45, 2.75) is 44.7 Å². The molecule has 0 aromatic heterocycles. The van der Waals surface area contributed by atoms with Crippen LogP contribution in [0.1, 0.15) is 25.8 Å². The van der Waals surface area contributed by atoms with Crippen molar-refractivity contribution in [3.8, 4) is 0 Å². The van der Waals surface area contributed by atoms with Gasteiger partial charge < -0.3 is 9.47 Å². The van der Waals surface area contributed by atoms with Crippen molar-refractivity contribution in [3.63, 3.8) is 0 Å². The Hall–Kier alpha value is -1.12. The van der Waals surface area contributed by atoms with Gasteiger partial charge in [0.15, 0.2) is 5.79 Å². The van der Waals surface area contributed by atoms with E-state index >= 15 is 0 Å². The largest absolute Gasteiger partial charge is 0.344 e. The smallest absolute Gasteiger partial charge is 0.164 e. The van der Waals surface area contributed by atoms with Crippen LogP contribution in [0, 0.1) is 0 Å². The molecule has 1 fully saturated rings. The summed E-state index contributed by atoms with van der Waals surface area (Å²) in [5, 5.41) is 0. The molecule has 17 heavy (non-hydrogen) atoms. The Bertz CT molecular complexity index is 370. The molecular formula is C15H20O2. The first-order chi connectivity index (χ1) is 8.11. The first kappa shape index (κ1) is 12.3. The van der Waals surface area contributed by atoms with Gasteiger partial charge in [-0.1, -0.05) is 36.4 Å². The molecule has 1 saturated heterocycles. The number of hydrogen-bond acceptors (Lipinski definition) is 2. The molecule has 2 nitrogen and oxygen atoms in total. The van der Waals surface area contributed by atoms with Crippen molar-refractivity contribution < 1.29 is 9.47 Å². The highest BCUT2D eigenvalue weighted by Crippen LogP contribution is 2.31. The van der Waals surface area contributed by atoms with Crippen LogP contribution in [0.4, 0.5) is 0 Å². The fourth-order valence-electron chi connectivity index (χ4n) is 2.24. The third-order valence-electron chi connectivity index (χ3n) is 3.01. The molecule has 2 heteroatoms. The Labute approximate surface area is 103 Å². The Morgan fingerprint density at radius 2 is 1.94 bits per heavy atom. The molecule has 1 aromatic rings. The second kappa shape index (κ2) is 5.03. The molecule has 0 N–H and O–H groups in total. The molecule has 1 aromatic carbocycles. The van der Waals surface area contributed by atoms with Crippen molar-refractivity contribution in [2.24, 2.45) is 0 Å². The van der Waals surface area contributed by atoms with Crippen LogP contribution in [0.3, 0.4) is 0 Å². The van der Waals surface area contributed by atoms with Gasteiger partial charge in [0, 0.05) is 0 Å². The summed E-state index contributed by atoms with van der Waals surface area (Å²) in [7, 11) is 0. The van der Waals surface area contributed by atoms with Crippen molar-refractivity contribution in [2.75, 3.05) is 0 Å². The number of aryl methyl sites for hydroxylation is 1. The highest BCUT2D eigenvalue weighted by molar-refractivity contribution is 5.15. The predicted molar refractivity (Wildman–Crippen MR) is 68.8 cm³/mol. The Balaban J connectivity index is 1.93. The first-order valence-corrected chi connectivity index (χ1v) is 6.13. The van der Waals surface area contributed by atoms with Gasteiger partial charge >= 0.3 is 0 Å². The van der Waals surface area contributed by atoms with Crippen molar-refractivity contribution in [3.05, 3.63) is 48.6 Å². The third kappa shape index (κ3) is 3.18. The zero-order valence-electron chi connectivity index (χ0n) is 10.6. The van der Waals surface area contributed by atoms with Gasteiger partial charge in [0.05, 0.1) is 6.10 Å². The van der Waals surface area contributed by atoms with Crippen molar-refractivity contribution in [1.82, 2.24) is 0 Å². The predicted octanol–water partition coefficient (Wildman–Crippen LogP) is 3.33. The first-order valence-electron chi connectivity index (χ1n) is 6.13. The molecule has 2 rings (SSSR count). The number of benzene rings is 1. The maximum absolute atomic E-state index is 5.88. The molecule has 1 heterocycles. The maximum Gasteiger partial charge on any atom is 0.164 e. The molecule has 0 amide bonds. The lowest BCUT2D eigenvalue weighted by Gasteiger charge is -2.16. The third-order valence-corrected chi connectivity index (χ3v) is 3.01. The summed E-state index contributed by atoms with van der Waals surface area (Å²) in [4.78, 5) is 0. The maximum atomic E-state index is 5.88. The van der Waals surface area contributed by atoms with Gasteiger partial charge in [0.1, 0.15) is 6.10 Å². The van der Waals surface area contributed by atoms with Crippen LogP contribution in [0.15, 0.2) is 43.0 Å². The van der Waals surface area contributed by atoms with E-state index in [1.165, 1.54) is 5.56 Å². The van der Waals surface area contributed by atoms with Gasteiger partial charge in [-0.3, -0.25) is 0 Å². The summed E-state index contributed by atoms with van der Waals surface area (Å²) >= 11 is 0. The lowest BCUT2D eigenvalue weighted by atomic mass is 10.0. The van der Waals surface area contributed by atoms with Crippen molar-refractivity contribution >= 4 is 0 Å². The number of ether oxygens (including phenoxy) is 2. The second-order valence-electron chi connectivity index (χ2n) is 4.90. The van der Waals surface area contributed by atoms with Crippen LogP contribution in [0.5, 0.6) is 0 Å². The lowest BCUT2D eigenvalue weighted by Crippen LogP contribution is -2.21.